The molecule has 1 saturated carbocycles. The molecule has 1 fully saturated rings. The molecule has 3 amide bonds. The standard InChI is InChI=1S/C11H21N3O2/c1-7(9(15)13-8-5-6-8)12-10(16)14-11(2,3)4/h7-8H,5-6H2,1-4H3,(H,13,15)(H2,12,14,16). The normalized spacial score (nSPS) is 17.5. The summed E-state index contributed by atoms with van der Waals surface area (Å²) in [5, 5.41) is 8.19. The second-order valence-electron chi connectivity index (χ2n) is 5.35. The van der Waals surface area contributed by atoms with Gasteiger partial charge < -0.3 is 16.0 Å². The molecule has 1 unspecified atom stereocenters. The van der Waals surface area contributed by atoms with E-state index in [-0.39, 0.29) is 17.5 Å². The topological polar surface area (TPSA) is 70.2 Å². The second kappa shape index (κ2) is 4.72. The minimum absolute atomic E-state index is 0.119. The Kier molecular flexibility index (Phi) is 3.78. The first-order chi connectivity index (χ1) is 7.28. The molecule has 1 atom stereocenters. The zero-order chi connectivity index (χ0) is 12.3. The summed E-state index contributed by atoms with van der Waals surface area (Å²) in [5.41, 5.74) is -0.295. The Balaban J connectivity index is 2.29. The fraction of sp³-hybridized carbons (Fsp3) is 0.818. The summed E-state index contributed by atoms with van der Waals surface area (Å²) in [7, 11) is 0. The van der Waals surface area contributed by atoms with Gasteiger partial charge in [0.15, 0.2) is 0 Å². The highest BCUT2D eigenvalue weighted by Crippen LogP contribution is 2.18. The Bertz CT molecular complexity index is 279. The van der Waals surface area contributed by atoms with Crippen molar-refractivity contribution in [1.29, 1.82) is 0 Å². The number of carbonyl (C=O) groups excluding carboxylic acids is 2. The van der Waals surface area contributed by atoms with E-state index in [4.69, 9.17) is 0 Å². The van der Waals surface area contributed by atoms with Crippen molar-refractivity contribution in [2.75, 3.05) is 0 Å². The van der Waals surface area contributed by atoms with Crippen LogP contribution in [0.4, 0.5) is 4.79 Å². The van der Waals surface area contributed by atoms with Crippen LogP contribution in [0.3, 0.4) is 0 Å². The zero-order valence-corrected chi connectivity index (χ0v) is 10.4. The summed E-state index contributed by atoms with van der Waals surface area (Å²) in [5.74, 6) is -0.119. The van der Waals surface area contributed by atoms with Gasteiger partial charge in [0.2, 0.25) is 5.91 Å². The smallest absolute Gasteiger partial charge is 0.315 e. The molecule has 0 spiro atoms. The van der Waals surface area contributed by atoms with Gasteiger partial charge in [-0.2, -0.15) is 0 Å². The van der Waals surface area contributed by atoms with E-state index in [1.165, 1.54) is 0 Å². The fourth-order valence-electron chi connectivity index (χ4n) is 1.19. The van der Waals surface area contributed by atoms with Gasteiger partial charge in [-0.05, 0) is 40.5 Å². The summed E-state index contributed by atoms with van der Waals surface area (Å²) in [6.07, 6.45) is 2.10. The number of urea groups is 1. The molecule has 3 N–H and O–H groups in total. The Morgan fingerprint density at radius 3 is 2.25 bits per heavy atom. The van der Waals surface area contributed by atoms with Crippen LogP contribution in [0, 0.1) is 0 Å². The first-order valence-electron chi connectivity index (χ1n) is 5.67. The molecular weight excluding hydrogens is 206 g/mol. The van der Waals surface area contributed by atoms with E-state index in [2.05, 4.69) is 16.0 Å². The van der Waals surface area contributed by atoms with Crippen molar-refractivity contribution < 1.29 is 9.59 Å². The molecule has 0 heterocycles. The lowest BCUT2D eigenvalue weighted by Crippen LogP contribution is -2.53. The van der Waals surface area contributed by atoms with Crippen molar-refractivity contribution >= 4 is 11.9 Å². The maximum atomic E-state index is 11.5. The van der Waals surface area contributed by atoms with Crippen LogP contribution < -0.4 is 16.0 Å². The molecular formula is C11H21N3O2. The van der Waals surface area contributed by atoms with Gasteiger partial charge in [0.05, 0.1) is 0 Å². The number of nitrogens with one attached hydrogen (secondary N) is 3. The molecule has 0 aliphatic heterocycles. The zero-order valence-electron chi connectivity index (χ0n) is 10.4. The quantitative estimate of drug-likeness (QED) is 0.666. The molecule has 5 nitrogen and oxygen atoms in total. The van der Waals surface area contributed by atoms with E-state index >= 15 is 0 Å². The number of hydrogen-bond acceptors (Lipinski definition) is 2. The lowest BCUT2D eigenvalue weighted by Gasteiger charge is -2.22. The van der Waals surface area contributed by atoms with Crippen molar-refractivity contribution in [1.82, 2.24) is 16.0 Å². The largest absolute Gasteiger partial charge is 0.352 e. The van der Waals surface area contributed by atoms with Gasteiger partial charge in [-0.1, -0.05) is 0 Å². The predicted octanol–water partition coefficient (Wildman–Crippen LogP) is 0.751. The average molecular weight is 227 g/mol. The molecule has 0 aromatic carbocycles. The Morgan fingerprint density at radius 1 is 1.25 bits per heavy atom. The molecule has 0 bridgehead atoms. The number of hydrogen-bond donors (Lipinski definition) is 3. The van der Waals surface area contributed by atoms with Gasteiger partial charge in [-0.3, -0.25) is 4.79 Å². The van der Waals surface area contributed by atoms with E-state index in [9.17, 15) is 9.59 Å². The second-order valence-corrected chi connectivity index (χ2v) is 5.35. The minimum atomic E-state index is -0.497. The van der Waals surface area contributed by atoms with Crippen LogP contribution in [0.25, 0.3) is 0 Å². The highest BCUT2D eigenvalue weighted by molar-refractivity contribution is 5.87. The van der Waals surface area contributed by atoms with Crippen molar-refractivity contribution in [2.45, 2.75) is 58.2 Å². The third-order valence-electron chi connectivity index (χ3n) is 2.15. The monoisotopic (exact) mass is 227 g/mol. The van der Waals surface area contributed by atoms with E-state index in [1.807, 2.05) is 20.8 Å². The summed E-state index contributed by atoms with van der Waals surface area (Å²) in [6, 6.07) is -0.490. The summed E-state index contributed by atoms with van der Waals surface area (Å²) in [6.45, 7) is 7.35. The molecule has 5 heteroatoms. The molecule has 92 valence electrons. The van der Waals surface area contributed by atoms with Gasteiger partial charge in [0.1, 0.15) is 6.04 Å². The van der Waals surface area contributed by atoms with E-state index in [1.54, 1.807) is 6.92 Å². The minimum Gasteiger partial charge on any atom is -0.352 e. The summed E-state index contributed by atoms with van der Waals surface area (Å²) >= 11 is 0. The van der Waals surface area contributed by atoms with Crippen LogP contribution in [0.5, 0.6) is 0 Å². The van der Waals surface area contributed by atoms with Crippen molar-refractivity contribution in [2.24, 2.45) is 0 Å². The van der Waals surface area contributed by atoms with E-state index in [0.29, 0.717) is 6.04 Å². The van der Waals surface area contributed by atoms with Crippen LogP contribution >= 0.6 is 0 Å². The first kappa shape index (κ1) is 12.8. The van der Waals surface area contributed by atoms with Crippen LogP contribution in [-0.4, -0.2) is 29.6 Å². The first-order valence-corrected chi connectivity index (χ1v) is 5.67. The van der Waals surface area contributed by atoms with Crippen molar-refractivity contribution in [3.05, 3.63) is 0 Å². The SMILES string of the molecule is CC(NC(=O)NC(C)(C)C)C(=O)NC1CC1. The Morgan fingerprint density at radius 2 is 1.81 bits per heavy atom. The predicted molar refractivity (Wildman–Crippen MR) is 62.0 cm³/mol. The highest BCUT2D eigenvalue weighted by Gasteiger charge is 2.26. The van der Waals surface area contributed by atoms with Crippen LogP contribution in [-0.2, 0) is 4.79 Å². The highest BCUT2D eigenvalue weighted by atomic mass is 16.2. The summed E-state index contributed by atoms with van der Waals surface area (Å²) < 4.78 is 0. The van der Waals surface area contributed by atoms with Gasteiger partial charge >= 0.3 is 6.03 Å². The Labute approximate surface area is 96.4 Å². The molecule has 1 rings (SSSR count). The number of amides is 3. The maximum absolute atomic E-state index is 11.5. The molecule has 0 saturated heterocycles. The lowest BCUT2D eigenvalue weighted by atomic mass is 10.1. The fourth-order valence-corrected chi connectivity index (χ4v) is 1.19. The molecule has 1 aliphatic carbocycles. The van der Waals surface area contributed by atoms with Gasteiger partial charge in [0, 0.05) is 11.6 Å². The molecule has 1 aliphatic rings. The van der Waals surface area contributed by atoms with Gasteiger partial charge in [-0.25, -0.2) is 4.79 Å². The molecule has 0 aromatic heterocycles. The van der Waals surface area contributed by atoms with Crippen LogP contribution in [0.15, 0.2) is 0 Å². The van der Waals surface area contributed by atoms with Gasteiger partial charge in [-0.15, -0.1) is 0 Å². The maximum Gasteiger partial charge on any atom is 0.315 e. The van der Waals surface area contributed by atoms with Crippen LogP contribution in [0.1, 0.15) is 40.5 Å². The lowest BCUT2D eigenvalue weighted by molar-refractivity contribution is -0.122. The van der Waals surface area contributed by atoms with Crippen LogP contribution in [0.2, 0.25) is 0 Å². The average Bonchev–Trinajstić information content (AvgIpc) is 2.83. The third kappa shape index (κ3) is 5.00. The third-order valence-corrected chi connectivity index (χ3v) is 2.15. The van der Waals surface area contributed by atoms with Crippen molar-refractivity contribution in [3.63, 3.8) is 0 Å². The summed E-state index contributed by atoms with van der Waals surface area (Å²) in [4.78, 5) is 23.0. The molecule has 16 heavy (non-hydrogen) atoms. The van der Waals surface area contributed by atoms with E-state index < -0.39 is 6.04 Å². The van der Waals surface area contributed by atoms with Crippen molar-refractivity contribution in [3.8, 4) is 0 Å². The number of rotatable bonds is 3. The van der Waals surface area contributed by atoms with Gasteiger partial charge in [0.25, 0.3) is 0 Å². The number of carbonyl (C=O) groups is 2. The Hall–Kier alpha value is -1.26. The van der Waals surface area contributed by atoms with E-state index in [0.717, 1.165) is 12.8 Å². The molecule has 0 radical (unpaired) electrons. The molecule has 0 aromatic rings.